The second-order valence-corrected chi connectivity index (χ2v) is 6.27. The molecular weight excluding hydrogens is 282 g/mol. The molecule has 3 N–H and O–H groups in total. The van der Waals surface area contributed by atoms with Crippen LogP contribution in [-0.2, 0) is 6.42 Å². The normalized spacial score (nSPS) is 23.2. The third-order valence-electron chi connectivity index (χ3n) is 4.37. The molecule has 1 heterocycles. The summed E-state index contributed by atoms with van der Waals surface area (Å²) < 4.78 is 6.23. The lowest BCUT2D eigenvalue weighted by molar-refractivity contribution is -0.0887. The minimum Gasteiger partial charge on any atom is -0.485 e. The highest BCUT2D eigenvalue weighted by Gasteiger charge is 2.46. The summed E-state index contributed by atoms with van der Waals surface area (Å²) in [5.41, 5.74) is 1.24. The van der Waals surface area contributed by atoms with Crippen molar-refractivity contribution in [2.75, 3.05) is 26.3 Å². The first-order valence-corrected chi connectivity index (χ1v) is 7.90. The average molecular weight is 309 g/mol. The number of rotatable bonds is 6. The van der Waals surface area contributed by atoms with Crippen LogP contribution < -0.4 is 4.74 Å². The van der Waals surface area contributed by atoms with Crippen LogP contribution in [0.5, 0.6) is 5.75 Å². The quantitative estimate of drug-likeness (QED) is 0.734. The number of fused-ring (bicyclic) bond motifs is 1. The summed E-state index contributed by atoms with van der Waals surface area (Å²) in [4.78, 5) is 1.90. The van der Waals surface area contributed by atoms with Gasteiger partial charge in [0.1, 0.15) is 17.5 Å². The number of benzene rings is 1. The Hall–Kier alpha value is -1.14. The Morgan fingerprint density at radius 1 is 1.18 bits per heavy atom. The third-order valence-corrected chi connectivity index (χ3v) is 4.37. The highest BCUT2D eigenvalue weighted by Crippen LogP contribution is 2.43. The Labute approximate surface area is 132 Å². The molecule has 1 aliphatic heterocycles. The Morgan fingerprint density at radius 3 is 2.36 bits per heavy atom. The van der Waals surface area contributed by atoms with E-state index in [1.807, 2.05) is 36.9 Å². The molecule has 5 heteroatoms. The zero-order valence-corrected chi connectivity index (χ0v) is 13.6. The number of aliphatic hydroxyl groups excluding tert-OH is 3. The lowest BCUT2D eigenvalue weighted by Crippen LogP contribution is -2.59. The first kappa shape index (κ1) is 17.2. The second-order valence-electron chi connectivity index (χ2n) is 6.27. The van der Waals surface area contributed by atoms with E-state index in [4.69, 9.17) is 4.74 Å². The van der Waals surface area contributed by atoms with Gasteiger partial charge in [-0.25, -0.2) is 0 Å². The number of aliphatic hydroxyl groups is 3. The van der Waals surface area contributed by atoms with E-state index >= 15 is 0 Å². The number of hydrogen-bond donors (Lipinski definition) is 3. The van der Waals surface area contributed by atoms with Gasteiger partial charge in [0.05, 0.1) is 19.3 Å². The van der Waals surface area contributed by atoms with E-state index in [0.29, 0.717) is 13.1 Å². The van der Waals surface area contributed by atoms with Crippen LogP contribution in [0, 0.1) is 0 Å². The van der Waals surface area contributed by atoms with Gasteiger partial charge in [0.25, 0.3) is 0 Å². The van der Waals surface area contributed by atoms with Gasteiger partial charge in [-0.05, 0) is 25.8 Å². The fourth-order valence-electron chi connectivity index (χ4n) is 3.40. The van der Waals surface area contributed by atoms with Gasteiger partial charge in [0.15, 0.2) is 0 Å². The van der Waals surface area contributed by atoms with E-state index in [2.05, 4.69) is 6.92 Å². The summed E-state index contributed by atoms with van der Waals surface area (Å²) in [7, 11) is 0. The van der Waals surface area contributed by atoms with Gasteiger partial charge in [-0.3, -0.25) is 4.90 Å². The minimum absolute atomic E-state index is 0.0266. The molecule has 1 aromatic carbocycles. The van der Waals surface area contributed by atoms with E-state index < -0.39 is 11.7 Å². The number of nitrogens with zero attached hydrogens (tertiary/aromatic N) is 1. The predicted octanol–water partition coefficient (Wildman–Crippen LogP) is 1.11. The highest BCUT2D eigenvalue weighted by atomic mass is 16.5. The van der Waals surface area contributed by atoms with Gasteiger partial charge in [-0.1, -0.05) is 25.1 Å². The molecule has 0 amide bonds. The Balaban J connectivity index is 2.43. The van der Waals surface area contributed by atoms with Crippen molar-refractivity contribution in [2.45, 2.75) is 44.9 Å². The first-order valence-electron chi connectivity index (χ1n) is 7.90. The Kier molecular flexibility index (Phi) is 5.45. The van der Waals surface area contributed by atoms with Crippen molar-refractivity contribution in [3.63, 3.8) is 0 Å². The molecule has 0 fully saturated rings. The van der Waals surface area contributed by atoms with Gasteiger partial charge >= 0.3 is 0 Å². The monoisotopic (exact) mass is 309 g/mol. The van der Waals surface area contributed by atoms with Crippen LogP contribution >= 0.6 is 0 Å². The first-order chi connectivity index (χ1) is 10.5. The van der Waals surface area contributed by atoms with E-state index in [9.17, 15) is 15.3 Å². The summed E-state index contributed by atoms with van der Waals surface area (Å²) in [5, 5.41) is 29.5. The third kappa shape index (κ3) is 3.13. The van der Waals surface area contributed by atoms with Crippen molar-refractivity contribution in [3.8, 4) is 5.75 Å². The topological polar surface area (TPSA) is 73.2 Å². The maximum Gasteiger partial charge on any atom is 0.129 e. The van der Waals surface area contributed by atoms with Crippen molar-refractivity contribution in [3.05, 3.63) is 29.3 Å². The van der Waals surface area contributed by atoms with Crippen LogP contribution in [0.25, 0.3) is 0 Å². The molecule has 1 aliphatic rings. The van der Waals surface area contributed by atoms with Crippen LogP contribution in [0.4, 0.5) is 0 Å². The van der Waals surface area contributed by atoms with Gasteiger partial charge in [-0.2, -0.15) is 0 Å². The van der Waals surface area contributed by atoms with Crippen molar-refractivity contribution in [2.24, 2.45) is 0 Å². The van der Waals surface area contributed by atoms with Crippen molar-refractivity contribution in [1.82, 2.24) is 4.90 Å². The average Bonchev–Trinajstić information content (AvgIpc) is 2.46. The molecule has 0 aromatic heterocycles. The minimum atomic E-state index is -0.719. The van der Waals surface area contributed by atoms with Gasteiger partial charge in [-0.15, -0.1) is 0 Å². The van der Waals surface area contributed by atoms with Crippen LogP contribution in [0.2, 0.25) is 0 Å². The zero-order chi connectivity index (χ0) is 16.3. The molecule has 1 aromatic rings. The summed E-state index contributed by atoms with van der Waals surface area (Å²) in [6, 6.07) is 5.51. The van der Waals surface area contributed by atoms with Crippen LogP contribution in [0.15, 0.2) is 18.2 Å². The van der Waals surface area contributed by atoms with Gasteiger partial charge < -0.3 is 20.1 Å². The molecule has 0 saturated heterocycles. The number of aryl methyl sites for hydroxylation is 1. The molecule has 124 valence electrons. The lowest BCUT2D eigenvalue weighted by atomic mass is 9.83. The van der Waals surface area contributed by atoms with Crippen molar-refractivity contribution < 1.29 is 20.1 Å². The van der Waals surface area contributed by atoms with E-state index in [0.717, 1.165) is 23.3 Å². The predicted molar refractivity (Wildman–Crippen MR) is 85.0 cm³/mol. The highest BCUT2D eigenvalue weighted by molar-refractivity contribution is 5.46. The molecule has 2 unspecified atom stereocenters. The maximum absolute atomic E-state index is 10.9. The Bertz CT molecular complexity index is 497. The summed E-state index contributed by atoms with van der Waals surface area (Å²) in [6.07, 6.45) is 0.122. The summed E-state index contributed by atoms with van der Waals surface area (Å²) in [6.45, 7) is 6.67. The van der Waals surface area contributed by atoms with Crippen molar-refractivity contribution in [1.29, 1.82) is 0 Å². The standard InChI is InChI=1S/C17H27NO4/c1-4-12-6-5-7-13-14(21)16(17(2,3)22-15(12)13)18(8-10-19)9-11-20/h5-7,14,16,19-21H,4,8-11H2,1-3H3. The van der Waals surface area contributed by atoms with E-state index in [1.54, 1.807) is 0 Å². The molecule has 0 radical (unpaired) electrons. The lowest BCUT2D eigenvalue weighted by Gasteiger charge is -2.48. The van der Waals surface area contributed by atoms with Crippen LogP contribution in [0.3, 0.4) is 0 Å². The van der Waals surface area contributed by atoms with E-state index in [-0.39, 0.29) is 19.3 Å². The number of hydrogen-bond acceptors (Lipinski definition) is 5. The largest absolute Gasteiger partial charge is 0.485 e. The second kappa shape index (κ2) is 6.96. The smallest absolute Gasteiger partial charge is 0.129 e. The van der Waals surface area contributed by atoms with Crippen LogP contribution in [-0.4, -0.2) is 58.2 Å². The van der Waals surface area contributed by atoms with Crippen molar-refractivity contribution >= 4 is 0 Å². The number of para-hydroxylation sites is 1. The number of ether oxygens (including phenoxy) is 1. The molecule has 0 saturated carbocycles. The molecule has 2 atom stereocenters. The summed E-state index contributed by atoms with van der Waals surface area (Å²) >= 11 is 0. The fourth-order valence-corrected chi connectivity index (χ4v) is 3.40. The van der Waals surface area contributed by atoms with Gasteiger partial charge in [0, 0.05) is 18.7 Å². The molecule has 22 heavy (non-hydrogen) atoms. The molecule has 0 spiro atoms. The van der Waals surface area contributed by atoms with E-state index in [1.165, 1.54) is 0 Å². The van der Waals surface area contributed by atoms with Gasteiger partial charge in [0.2, 0.25) is 0 Å². The fraction of sp³-hybridized carbons (Fsp3) is 0.647. The molecule has 0 aliphatic carbocycles. The zero-order valence-electron chi connectivity index (χ0n) is 13.6. The molecular formula is C17H27NO4. The molecule has 5 nitrogen and oxygen atoms in total. The Morgan fingerprint density at radius 2 is 1.82 bits per heavy atom. The SMILES string of the molecule is CCc1cccc2c1OC(C)(C)C(N(CCO)CCO)C2O. The maximum atomic E-state index is 10.9. The molecule has 2 rings (SSSR count). The summed E-state index contributed by atoms with van der Waals surface area (Å²) in [5.74, 6) is 0.770. The van der Waals surface area contributed by atoms with Crippen LogP contribution in [0.1, 0.15) is 38.0 Å². The molecule has 0 bridgehead atoms.